The second kappa shape index (κ2) is 9.14. The molecule has 6 nitrogen and oxygen atoms in total. The lowest BCUT2D eigenvalue weighted by Crippen LogP contribution is -2.32. The molecule has 0 aromatic heterocycles. The van der Waals surface area contributed by atoms with Gasteiger partial charge in [-0.05, 0) is 64.5 Å². The third-order valence-corrected chi connectivity index (χ3v) is 5.37. The third kappa shape index (κ3) is 5.49. The van der Waals surface area contributed by atoms with Crippen molar-refractivity contribution in [1.82, 2.24) is 0 Å². The minimum Gasteiger partial charge on any atom is -0.459 e. The van der Waals surface area contributed by atoms with Gasteiger partial charge in [0.1, 0.15) is 24.9 Å². The number of alkyl halides is 1. The summed E-state index contributed by atoms with van der Waals surface area (Å²) in [6, 6.07) is 14.4. The Balaban J connectivity index is 1.67. The molecule has 1 heterocycles. The maximum absolute atomic E-state index is 12.4. The summed E-state index contributed by atoms with van der Waals surface area (Å²) in [5, 5.41) is 10.3. The Bertz CT molecular complexity index is 945. The Morgan fingerprint density at radius 1 is 1.07 bits per heavy atom. The van der Waals surface area contributed by atoms with Gasteiger partial charge in [0.05, 0.1) is 11.1 Å². The highest BCUT2D eigenvalue weighted by molar-refractivity contribution is 9.10. The highest BCUT2D eigenvalue weighted by atomic mass is 79.9. The number of carbonyl (C=O) groups is 2. The number of hydrogen-bond donors (Lipinski definition) is 0. The topological polar surface area (TPSA) is 85.6 Å². The van der Waals surface area contributed by atoms with Crippen molar-refractivity contribution in [2.45, 2.75) is 23.1 Å². The molecule has 2 aromatic rings. The van der Waals surface area contributed by atoms with Gasteiger partial charge in [-0.25, -0.2) is 9.59 Å². The van der Waals surface area contributed by atoms with Crippen LogP contribution in [0.3, 0.4) is 0 Å². The maximum atomic E-state index is 12.4. The summed E-state index contributed by atoms with van der Waals surface area (Å²) in [6.45, 7) is -0.199. The quantitative estimate of drug-likeness (QED) is 0.435. The summed E-state index contributed by atoms with van der Waals surface area (Å²) in [5.41, 5.74) is 0.614. The fraction of sp³-hybridized carbons (Fsp3) is 0.250. The minimum absolute atomic E-state index is 0.0754. The molecule has 3 atom stereocenters. The Kier molecular flexibility index (Phi) is 6.81. The Morgan fingerprint density at radius 3 is 2.10 bits per heavy atom. The summed E-state index contributed by atoms with van der Waals surface area (Å²) >= 11 is 14.8. The first-order valence-electron chi connectivity index (χ1n) is 8.47. The van der Waals surface area contributed by atoms with E-state index in [2.05, 4.69) is 15.9 Å². The van der Waals surface area contributed by atoms with Crippen molar-refractivity contribution in [3.63, 3.8) is 0 Å². The van der Waals surface area contributed by atoms with E-state index >= 15 is 0 Å². The largest absolute Gasteiger partial charge is 0.459 e. The van der Waals surface area contributed by atoms with E-state index in [0.29, 0.717) is 21.2 Å². The predicted molar refractivity (Wildman–Crippen MR) is 109 cm³/mol. The van der Waals surface area contributed by atoms with Crippen molar-refractivity contribution in [3.05, 3.63) is 69.7 Å². The van der Waals surface area contributed by atoms with Crippen molar-refractivity contribution in [2.75, 3.05) is 6.61 Å². The molecule has 150 valence electrons. The lowest BCUT2D eigenvalue weighted by atomic mass is 10.1. The fourth-order valence-corrected chi connectivity index (χ4v) is 3.51. The number of ether oxygens (including phenoxy) is 3. The smallest absolute Gasteiger partial charge is 0.338 e. The molecular formula is C20H14BrCl2NO5. The molecule has 1 aliphatic rings. The molecule has 9 heteroatoms. The zero-order valence-corrected chi connectivity index (χ0v) is 17.9. The first-order chi connectivity index (χ1) is 13.8. The normalized spacial score (nSPS) is 23.2. The Morgan fingerprint density at radius 2 is 1.59 bits per heavy atom. The number of halogens is 3. The van der Waals surface area contributed by atoms with Crippen LogP contribution in [0, 0.1) is 11.3 Å². The first kappa shape index (κ1) is 21.6. The first-order valence-corrected chi connectivity index (χ1v) is 10.0. The molecule has 0 N–H and O–H groups in total. The van der Waals surface area contributed by atoms with E-state index in [-0.39, 0.29) is 13.0 Å². The highest BCUT2D eigenvalue weighted by Gasteiger charge is 2.48. The molecule has 0 bridgehead atoms. The van der Waals surface area contributed by atoms with Gasteiger partial charge in [-0.15, -0.1) is 0 Å². The molecule has 1 saturated heterocycles. The zero-order valence-electron chi connectivity index (χ0n) is 14.8. The highest BCUT2D eigenvalue weighted by Crippen LogP contribution is 2.37. The van der Waals surface area contributed by atoms with E-state index in [1.165, 1.54) is 24.3 Å². The summed E-state index contributed by atoms with van der Waals surface area (Å²) in [6.07, 6.45) is -1.54. The Hall–Kier alpha value is -2.11. The standard InChI is InChI=1S/C20H14BrCl2NO5/c21-20(11-24)9-16(28-19(26)13-3-7-15(23)8-4-13)17(29-20)10-27-18(25)12-1-5-14(22)6-2-12/h1-8,16-17H,9-10H2/t16-,17+,20-/m0/s1. The number of hydrogen-bond acceptors (Lipinski definition) is 6. The van der Waals surface area contributed by atoms with Crippen LogP contribution in [-0.4, -0.2) is 35.3 Å². The van der Waals surface area contributed by atoms with Gasteiger partial charge < -0.3 is 14.2 Å². The van der Waals surface area contributed by atoms with Crippen molar-refractivity contribution in [2.24, 2.45) is 0 Å². The second-order valence-electron chi connectivity index (χ2n) is 6.26. The summed E-state index contributed by atoms with van der Waals surface area (Å²) in [4.78, 5) is 24.6. The molecule has 0 amide bonds. The van der Waals surface area contributed by atoms with Gasteiger partial charge in [-0.1, -0.05) is 23.2 Å². The molecular weight excluding hydrogens is 485 g/mol. The van der Waals surface area contributed by atoms with Crippen LogP contribution in [0.5, 0.6) is 0 Å². The van der Waals surface area contributed by atoms with E-state index in [9.17, 15) is 14.9 Å². The molecule has 0 spiro atoms. The number of nitrogens with zero attached hydrogens (tertiary/aromatic N) is 1. The number of rotatable bonds is 5. The number of carbonyl (C=O) groups excluding carboxylic acids is 2. The van der Waals surface area contributed by atoms with Crippen LogP contribution in [0.15, 0.2) is 48.5 Å². The number of benzene rings is 2. The summed E-state index contributed by atoms with van der Waals surface area (Å²) < 4.78 is 15.1. The van der Waals surface area contributed by atoms with Gasteiger partial charge in [-0.3, -0.25) is 0 Å². The van der Waals surface area contributed by atoms with Crippen LogP contribution >= 0.6 is 39.1 Å². The summed E-state index contributed by atoms with van der Waals surface area (Å²) in [7, 11) is 0. The van der Waals surface area contributed by atoms with Crippen LogP contribution in [0.4, 0.5) is 0 Å². The van der Waals surface area contributed by atoms with Gasteiger partial charge in [0.15, 0.2) is 0 Å². The van der Waals surface area contributed by atoms with Crippen molar-refractivity contribution in [1.29, 1.82) is 5.26 Å². The Labute approximate surface area is 185 Å². The zero-order chi connectivity index (χ0) is 21.0. The van der Waals surface area contributed by atoms with Crippen molar-refractivity contribution in [3.8, 4) is 6.07 Å². The van der Waals surface area contributed by atoms with E-state index < -0.39 is 28.7 Å². The maximum Gasteiger partial charge on any atom is 0.338 e. The SMILES string of the molecule is N#C[C@]1(Br)C[C@H](OC(=O)c2ccc(Cl)cc2)[C@@H](COC(=O)c2ccc(Cl)cc2)O1. The monoisotopic (exact) mass is 497 g/mol. The summed E-state index contributed by atoms with van der Waals surface area (Å²) in [5.74, 6) is -1.18. The number of nitriles is 1. The third-order valence-electron chi connectivity index (χ3n) is 4.18. The van der Waals surface area contributed by atoms with E-state index in [1.807, 2.05) is 6.07 Å². The molecule has 0 saturated carbocycles. The van der Waals surface area contributed by atoms with Crippen LogP contribution < -0.4 is 0 Å². The molecule has 2 aromatic carbocycles. The van der Waals surface area contributed by atoms with Gasteiger partial charge in [-0.2, -0.15) is 5.26 Å². The van der Waals surface area contributed by atoms with E-state index in [1.54, 1.807) is 24.3 Å². The predicted octanol–water partition coefficient (Wildman–Crippen LogP) is 4.78. The molecule has 29 heavy (non-hydrogen) atoms. The molecule has 0 aliphatic carbocycles. The van der Waals surface area contributed by atoms with Gasteiger partial charge in [0.2, 0.25) is 4.51 Å². The number of esters is 2. The van der Waals surface area contributed by atoms with Crippen LogP contribution in [0.2, 0.25) is 10.0 Å². The van der Waals surface area contributed by atoms with Crippen LogP contribution in [-0.2, 0) is 14.2 Å². The van der Waals surface area contributed by atoms with E-state index in [4.69, 9.17) is 37.4 Å². The van der Waals surface area contributed by atoms with Crippen LogP contribution in [0.25, 0.3) is 0 Å². The fourth-order valence-electron chi connectivity index (χ4n) is 2.70. The van der Waals surface area contributed by atoms with Crippen molar-refractivity contribution < 1.29 is 23.8 Å². The molecule has 1 fully saturated rings. The average Bonchev–Trinajstić information content (AvgIpc) is 3.03. The second-order valence-corrected chi connectivity index (χ2v) is 8.41. The van der Waals surface area contributed by atoms with Crippen LogP contribution in [0.1, 0.15) is 27.1 Å². The molecule has 3 rings (SSSR count). The molecule has 1 aliphatic heterocycles. The minimum atomic E-state index is -1.34. The van der Waals surface area contributed by atoms with Crippen molar-refractivity contribution >= 4 is 51.1 Å². The van der Waals surface area contributed by atoms with Gasteiger partial charge >= 0.3 is 11.9 Å². The molecule has 0 unspecified atom stereocenters. The van der Waals surface area contributed by atoms with Gasteiger partial charge in [0, 0.05) is 16.5 Å². The van der Waals surface area contributed by atoms with Gasteiger partial charge in [0.25, 0.3) is 0 Å². The lowest BCUT2D eigenvalue weighted by molar-refractivity contribution is -0.0388. The average molecular weight is 499 g/mol. The molecule has 0 radical (unpaired) electrons. The lowest BCUT2D eigenvalue weighted by Gasteiger charge is -2.19. The van der Waals surface area contributed by atoms with E-state index in [0.717, 1.165) is 0 Å².